The van der Waals surface area contributed by atoms with Crippen molar-refractivity contribution in [2.45, 2.75) is 20.3 Å². The van der Waals surface area contributed by atoms with E-state index in [4.69, 9.17) is 5.11 Å². The molecule has 0 saturated carbocycles. The minimum absolute atomic E-state index is 0.0395. The lowest BCUT2D eigenvalue weighted by Crippen LogP contribution is -2.18. The van der Waals surface area contributed by atoms with E-state index in [-0.39, 0.29) is 11.3 Å². The van der Waals surface area contributed by atoms with E-state index in [0.29, 0.717) is 22.5 Å². The molecule has 0 heterocycles. The second-order valence-corrected chi connectivity index (χ2v) is 7.30. The van der Waals surface area contributed by atoms with Crippen LogP contribution < -0.4 is 4.72 Å². The zero-order chi connectivity index (χ0) is 14.6. The van der Waals surface area contributed by atoms with Crippen LogP contribution in [0, 0.1) is 5.92 Å². The smallest absolute Gasteiger partial charge is 0.335 e. The molecule has 0 aromatic heterocycles. The van der Waals surface area contributed by atoms with Gasteiger partial charge in [0.05, 0.1) is 17.0 Å². The van der Waals surface area contributed by atoms with E-state index in [1.54, 1.807) is 0 Å². The Kier molecular flexibility index (Phi) is 5.37. The van der Waals surface area contributed by atoms with Crippen molar-refractivity contribution in [2.75, 3.05) is 10.5 Å². The molecule has 1 aromatic rings. The van der Waals surface area contributed by atoms with Gasteiger partial charge in [-0.3, -0.25) is 4.72 Å². The van der Waals surface area contributed by atoms with Gasteiger partial charge in [-0.1, -0.05) is 13.8 Å². The van der Waals surface area contributed by atoms with Gasteiger partial charge in [-0.2, -0.15) is 0 Å². The highest BCUT2D eigenvalue weighted by molar-refractivity contribution is 9.10. The molecule has 0 spiro atoms. The van der Waals surface area contributed by atoms with Crippen molar-refractivity contribution in [1.29, 1.82) is 0 Å². The molecule has 0 amide bonds. The van der Waals surface area contributed by atoms with Gasteiger partial charge in [-0.25, -0.2) is 13.2 Å². The van der Waals surface area contributed by atoms with Crippen LogP contribution in [0.5, 0.6) is 0 Å². The zero-order valence-electron chi connectivity index (χ0n) is 10.7. The molecule has 1 aromatic carbocycles. The van der Waals surface area contributed by atoms with Gasteiger partial charge in [-0.05, 0) is 46.5 Å². The normalized spacial score (nSPS) is 11.6. The van der Waals surface area contributed by atoms with Crippen molar-refractivity contribution in [1.82, 2.24) is 0 Å². The monoisotopic (exact) mass is 349 g/mol. The van der Waals surface area contributed by atoms with Crippen molar-refractivity contribution in [2.24, 2.45) is 5.92 Å². The third-order valence-corrected chi connectivity index (χ3v) is 4.41. The molecule has 0 radical (unpaired) electrons. The zero-order valence-corrected chi connectivity index (χ0v) is 13.1. The van der Waals surface area contributed by atoms with Crippen LogP contribution in [0.2, 0.25) is 0 Å². The second kappa shape index (κ2) is 6.38. The molecule has 19 heavy (non-hydrogen) atoms. The number of carboxylic acids is 1. The first-order valence-corrected chi connectivity index (χ1v) is 8.19. The van der Waals surface area contributed by atoms with Crippen LogP contribution in [0.3, 0.4) is 0 Å². The Bertz CT molecular complexity index is 569. The molecular weight excluding hydrogens is 334 g/mol. The van der Waals surface area contributed by atoms with Crippen molar-refractivity contribution in [3.8, 4) is 0 Å². The number of aromatic carboxylic acids is 1. The molecule has 1 rings (SSSR count). The summed E-state index contributed by atoms with van der Waals surface area (Å²) in [7, 11) is -3.41. The lowest BCUT2D eigenvalue weighted by Gasteiger charge is -2.11. The number of hydrogen-bond acceptors (Lipinski definition) is 3. The first-order valence-electron chi connectivity index (χ1n) is 5.74. The maximum absolute atomic E-state index is 11.8. The Morgan fingerprint density at radius 1 is 1.42 bits per heavy atom. The Labute approximate surface area is 121 Å². The van der Waals surface area contributed by atoms with Crippen molar-refractivity contribution in [3.05, 3.63) is 28.2 Å². The van der Waals surface area contributed by atoms with Crippen LogP contribution in [-0.2, 0) is 10.0 Å². The van der Waals surface area contributed by atoms with Crippen LogP contribution in [0.1, 0.15) is 30.6 Å². The molecular formula is C12H16BrNO4S. The topological polar surface area (TPSA) is 83.5 Å². The number of hydrogen-bond donors (Lipinski definition) is 2. The predicted octanol–water partition coefficient (Wildman–Crippen LogP) is 2.94. The lowest BCUT2D eigenvalue weighted by atomic mass is 10.2. The van der Waals surface area contributed by atoms with Crippen molar-refractivity contribution in [3.63, 3.8) is 0 Å². The fraction of sp³-hybridized carbons (Fsp3) is 0.417. The number of nitrogens with one attached hydrogen (secondary N) is 1. The maximum Gasteiger partial charge on any atom is 0.335 e. The van der Waals surface area contributed by atoms with Crippen LogP contribution in [0.15, 0.2) is 22.7 Å². The summed E-state index contributed by atoms with van der Waals surface area (Å²) in [5, 5.41) is 8.82. The van der Waals surface area contributed by atoms with Crippen LogP contribution in [-0.4, -0.2) is 25.2 Å². The largest absolute Gasteiger partial charge is 0.478 e. The standard InChI is InChI=1S/C12H16BrNO4S/c1-8(2)5-6-19(17,18)14-11-4-3-9(12(15)16)7-10(11)13/h3-4,7-8,14H,5-6H2,1-2H3,(H,15,16). The molecule has 0 aliphatic heterocycles. The highest BCUT2D eigenvalue weighted by Crippen LogP contribution is 2.25. The lowest BCUT2D eigenvalue weighted by molar-refractivity contribution is 0.0697. The highest BCUT2D eigenvalue weighted by atomic mass is 79.9. The minimum Gasteiger partial charge on any atom is -0.478 e. The van der Waals surface area contributed by atoms with E-state index in [9.17, 15) is 13.2 Å². The third-order valence-electron chi connectivity index (χ3n) is 2.45. The number of carbonyl (C=O) groups is 1. The molecule has 0 bridgehead atoms. The van der Waals surface area contributed by atoms with Gasteiger partial charge in [0.1, 0.15) is 0 Å². The molecule has 5 nitrogen and oxygen atoms in total. The number of sulfonamides is 1. The number of benzene rings is 1. The summed E-state index contributed by atoms with van der Waals surface area (Å²) in [6.07, 6.45) is 0.570. The molecule has 0 aliphatic carbocycles. The molecule has 0 unspecified atom stereocenters. The number of anilines is 1. The van der Waals surface area contributed by atoms with E-state index in [1.165, 1.54) is 18.2 Å². The Morgan fingerprint density at radius 2 is 2.05 bits per heavy atom. The summed E-state index contributed by atoms with van der Waals surface area (Å²) in [6.45, 7) is 3.90. The van der Waals surface area contributed by atoms with Crippen LogP contribution in [0.4, 0.5) is 5.69 Å². The first kappa shape index (κ1) is 16.0. The van der Waals surface area contributed by atoms with Gasteiger partial charge in [0.25, 0.3) is 0 Å². The number of halogens is 1. The third kappa shape index (κ3) is 5.20. The van der Waals surface area contributed by atoms with E-state index < -0.39 is 16.0 Å². The number of rotatable bonds is 6. The summed E-state index contributed by atoms with van der Waals surface area (Å²) in [6, 6.07) is 4.15. The number of carboxylic acid groups (broad SMARTS) is 1. The molecule has 106 valence electrons. The molecule has 0 fully saturated rings. The average Bonchev–Trinajstić information content (AvgIpc) is 2.29. The van der Waals surface area contributed by atoms with Gasteiger partial charge in [0.2, 0.25) is 10.0 Å². The van der Waals surface area contributed by atoms with E-state index >= 15 is 0 Å². The van der Waals surface area contributed by atoms with Crippen LogP contribution in [0.25, 0.3) is 0 Å². The van der Waals surface area contributed by atoms with Gasteiger partial charge < -0.3 is 5.11 Å². The summed E-state index contributed by atoms with van der Waals surface area (Å²) >= 11 is 3.16. The molecule has 0 atom stereocenters. The van der Waals surface area contributed by atoms with Crippen LogP contribution >= 0.6 is 15.9 Å². The fourth-order valence-electron chi connectivity index (χ4n) is 1.34. The molecule has 7 heteroatoms. The average molecular weight is 350 g/mol. The SMILES string of the molecule is CC(C)CCS(=O)(=O)Nc1ccc(C(=O)O)cc1Br. The Hall–Kier alpha value is -1.08. The van der Waals surface area contributed by atoms with E-state index in [0.717, 1.165) is 0 Å². The molecule has 0 aliphatic rings. The Balaban J connectivity index is 2.85. The predicted molar refractivity (Wildman–Crippen MR) is 78.0 cm³/mol. The fourth-order valence-corrected chi connectivity index (χ4v) is 3.35. The van der Waals surface area contributed by atoms with Crippen molar-refractivity contribution < 1.29 is 18.3 Å². The maximum atomic E-state index is 11.8. The summed E-state index contributed by atoms with van der Waals surface area (Å²) < 4.78 is 26.5. The summed E-state index contributed by atoms with van der Waals surface area (Å²) in [5.41, 5.74) is 0.436. The van der Waals surface area contributed by atoms with Gasteiger partial charge in [0.15, 0.2) is 0 Å². The molecule has 0 saturated heterocycles. The van der Waals surface area contributed by atoms with E-state index in [1.807, 2.05) is 13.8 Å². The summed E-state index contributed by atoms with van der Waals surface area (Å²) in [4.78, 5) is 10.8. The second-order valence-electron chi connectivity index (χ2n) is 4.60. The van der Waals surface area contributed by atoms with Gasteiger partial charge >= 0.3 is 5.97 Å². The van der Waals surface area contributed by atoms with Gasteiger partial charge in [0, 0.05) is 4.47 Å². The Morgan fingerprint density at radius 3 is 2.53 bits per heavy atom. The summed E-state index contributed by atoms with van der Waals surface area (Å²) in [5.74, 6) is -0.720. The minimum atomic E-state index is -3.41. The highest BCUT2D eigenvalue weighted by Gasteiger charge is 2.14. The first-order chi connectivity index (χ1) is 8.71. The molecule has 2 N–H and O–H groups in total. The van der Waals surface area contributed by atoms with Crippen molar-refractivity contribution >= 4 is 37.6 Å². The van der Waals surface area contributed by atoms with Gasteiger partial charge in [-0.15, -0.1) is 0 Å². The quantitative estimate of drug-likeness (QED) is 0.826. The van der Waals surface area contributed by atoms with E-state index in [2.05, 4.69) is 20.7 Å².